The highest BCUT2D eigenvalue weighted by molar-refractivity contribution is 6.26. The molecule has 1 N–H and O–H groups in total. The quantitative estimate of drug-likeness (QED) is 0.419. The summed E-state index contributed by atoms with van der Waals surface area (Å²) in [7, 11) is 0. The average Bonchev–Trinajstić information content (AvgIpc) is 3.48. The lowest BCUT2D eigenvalue weighted by molar-refractivity contribution is -0.384. The topological polar surface area (TPSA) is 113 Å². The monoisotopic (exact) mass is 460 g/mol. The Bertz CT molecular complexity index is 1340. The van der Waals surface area contributed by atoms with Crippen molar-refractivity contribution in [3.05, 3.63) is 62.7 Å². The number of nitro groups is 1. The number of fused-ring (bicyclic) bond motifs is 7. The molecule has 0 aliphatic carbocycles. The summed E-state index contributed by atoms with van der Waals surface area (Å²) in [5.41, 5.74) is 2.91. The molecule has 174 valence electrons. The van der Waals surface area contributed by atoms with Gasteiger partial charge in [0.05, 0.1) is 22.4 Å². The fourth-order valence-electron chi connectivity index (χ4n) is 6.90. The number of hydrogen-bond donors (Lipinski definition) is 1. The van der Waals surface area contributed by atoms with Crippen LogP contribution in [0.2, 0.25) is 0 Å². The van der Waals surface area contributed by atoms with Gasteiger partial charge in [0.25, 0.3) is 5.69 Å². The second-order valence-corrected chi connectivity index (χ2v) is 9.87. The fourth-order valence-corrected chi connectivity index (χ4v) is 6.90. The third kappa shape index (κ3) is 2.34. The van der Waals surface area contributed by atoms with Crippen molar-refractivity contribution in [2.75, 3.05) is 16.8 Å². The Morgan fingerprint density at radius 2 is 1.82 bits per heavy atom. The fraction of sp³-hybridized carbons (Fsp3) is 0.400. The van der Waals surface area contributed by atoms with Gasteiger partial charge in [0.15, 0.2) is 0 Å². The number of carbonyl (C=O) groups is 3. The second-order valence-electron chi connectivity index (χ2n) is 9.87. The maximum absolute atomic E-state index is 14.1. The van der Waals surface area contributed by atoms with Crippen molar-refractivity contribution >= 4 is 34.8 Å². The lowest BCUT2D eigenvalue weighted by Crippen LogP contribution is -2.54. The molecule has 3 fully saturated rings. The minimum Gasteiger partial charge on any atom is -0.324 e. The molecule has 0 bridgehead atoms. The number of amides is 3. The minimum atomic E-state index is -1.23. The zero-order valence-electron chi connectivity index (χ0n) is 19.1. The van der Waals surface area contributed by atoms with Gasteiger partial charge in [-0.3, -0.25) is 29.4 Å². The van der Waals surface area contributed by atoms with Gasteiger partial charge in [-0.2, -0.15) is 0 Å². The van der Waals surface area contributed by atoms with Crippen LogP contribution in [0, 0.1) is 42.7 Å². The number of carbonyl (C=O) groups excluding carboxylic acids is 3. The van der Waals surface area contributed by atoms with E-state index in [2.05, 4.69) is 10.2 Å². The number of imide groups is 1. The van der Waals surface area contributed by atoms with Gasteiger partial charge in [-0.15, -0.1) is 0 Å². The summed E-state index contributed by atoms with van der Waals surface area (Å²) in [4.78, 5) is 55.6. The van der Waals surface area contributed by atoms with Crippen LogP contribution in [-0.4, -0.2) is 40.1 Å². The van der Waals surface area contributed by atoms with Gasteiger partial charge < -0.3 is 5.32 Å². The Kier molecular flexibility index (Phi) is 4.15. The molecular weight excluding hydrogens is 436 g/mol. The number of benzene rings is 2. The van der Waals surface area contributed by atoms with Crippen LogP contribution in [0.3, 0.4) is 0 Å². The van der Waals surface area contributed by atoms with E-state index in [4.69, 9.17) is 0 Å². The SMILES string of the molecule is Cc1cc(C)c2c(c1)[C@@]1(C(=O)N2)[C@H]2C(=O)N(c3ccc([N+](=O)[O-])cc3C)C(=O)[C@@H]2[C@H]2CCCN21. The van der Waals surface area contributed by atoms with Crippen molar-refractivity contribution in [3.8, 4) is 0 Å². The number of hydrogen-bond acceptors (Lipinski definition) is 6. The molecule has 0 radical (unpaired) electrons. The summed E-state index contributed by atoms with van der Waals surface area (Å²) in [6.07, 6.45) is 1.59. The van der Waals surface area contributed by atoms with Crippen LogP contribution >= 0.6 is 0 Å². The second kappa shape index (κ2) is 6.73. The van der Waals surface area contributed by atoms with Gasteiger partial charge in [-0.1, -0.05) is 17.7 Å². The first-order valence-corrected chi connectivity index (χ1v) is 11.5. The molecule has 0 saturated carbocycles. The lowest BCUT2D eigenvalue weighted by atomic mass is 9.75. The number of non-ortho nitro benzene ring substituents is 1. The Morgan fingerprint density at radius 3 is 2.53 bits per heavy atom. The molecule has 9 nitrogen and oxygen atoms in total. The lowest BCUT2D eigenvalue weighted by Gasteiger charge is -2.37. The highest BCUT2D eigenvalue weighted by atomic mass is 16.6. The predicted octanol–water partition coefficient (Wildman–Crippen LogP) is 2.95. The number of nitro benzene ring substituents is 1. The van der Waals surface area contributed by atoms with Crippen LogP contribution in [0.4, 0.5) is 17.1 Å². The average molecular weight is 460 g/mol. The largest absolute Gasteiger partial charge is 0.324 e. The van der Waals surface area contributed by atoms with Gasteiger partial charge in [0, 0.05) is 29.4 Å². The Hall–Kier alpha value is -3.59. The van der Waals surface area contributed by atoms with Crippen molar-refractivity contribution in [1.29, 1.82) is 0 Å². The standard InChI is InChI=1S/C25H24N4O5/c1-12-9-14(3)21-16(10-12)25(24(32)26-21)20-19(18-5-4-8-27(18)25)22(30)28(23(20)31)17-7-6-15(29(33)34)11-13(17)2/h6-7,9-11,18-20H,4-5,8H2,1-3H3,(H,26,32)/t18-,19-,20-,25+/m1/s1. The van der Waals surface area contributed by atoms with E-state index in [1.807, 2.05) is 26.0 Å². The van der Waals surface area contributed by atoms with Gasteiger partial charge in [-0.25, -0.2) is 4.90 Å². The highest BCUT2D eigenvalue weighted by Gasteiger charge is 2.74. The molecule has 34 heavy (non-hydrogen) atoms. The van der Waals surface area contributed by atoms with Crippen LogP contribution in [0.15, 0.2) is 30.3 Å². The molecule has 4 aliphatic rings. The number of rotatable bonds is 2. The summed E-state index contributed by atoms with van der Waals surface area (Å²) in [5, 5.41) is 14.2. The molecule has 9 heteroatoms. The summed E-state index contributed by atoms with van der Waals surface area (Å²) in [5.74, 6) is -2.47. The first kappa shape index (κ1) is 21.0. The first-order chi connectivity index (χ1) is 16.2. The van der Waals surface area contributed by atoms with Crippen LogP contribution < -0.4 is 10.2 Å². The molecule has 3 saturated heterocycles. The van der Waals surface area contributed by atoms with Crippen LogP contribution in [0.5, 0.6) is 0 Å². The van der Waals surface area contributed by atoms with Crippen LogP contribution in [0.1, 0.15) is 35.1 Å². The van der Waals surface area contributed by atoms with E-state index < -0.39 is 28.2 Å². The van der Waals surface area contributed by atoms with Crippen LogP contribution in [-0.2, 0) is 19.9 Å². The van der Waals surface area contributed by atoms with Crippen molar-refractivity contribution in [2.45, 2.75) is 45.2 Å². The Morgan fingerprint density at radius 1 is 1.06 bits per heavy atom. The summed E-state index contributed by atoms with van der Waals surface area (Å²) in [6, 6.07) is 7.89. The normalized spacial score (nSPS) is 29.6. The molecule has 4 heterocycles. The van der Waals surface area contributed by atoms with Crippen LogP contribution in [0.25, 0.3) is 0 Å². The third-order valence-electron chi connectivity index (χ3n) is 8.08. The van der Waals surface area contributed by atoms with Crippen molar-refractivity contribution < 1.29 is 19.3 Å². The minimum absolute atomic E-state index is 0.103. The molecule has 2 aromatic rings. The molecule has 4 atom stereocenters. The Balaban J connectivity index is 1.54. The van der Waals surface area contributed by atoms with Gasteiger partial charge in [0.1, 0.15) is 5.54 Å². The maximum atomic E-state index is 14.1. The maximum Gasteiger partial charge on any atom is 0.269 e. The number of nitrogens with zero attached hydrogens (tertiary/aromatic N) is 3. The number of nitrogens with one attached hydrogen (secondary N) is 1. The molecule has 3 amide bonds. The molecular formula is C25H24N4O5. The molecule has 0 unspecified atom stereocenters. The van der Waals surface area contributed by atoms with E-state index in [9.17, 15) is 24.5 Å². The van der Waals surface area contributed by atoms with E-state index in [0.717, 1.165) is 35.2 Å². The summed E-state index contributed by atoms with van der Waals surface area (Å²) in [6.45, 7) is 6.20. The molecule has 2 aromatic carbocycles. The van der Waals surface area contributed by atoms with Gasteiger partial charge in [-0.05, 0) is 57.4 Å². The summed E-state index contributed by atoms with van der Waals surface area (Å²) < 4.78 is 0. The van der Waals surface area contributed by atoms with Gasteiger partial charge >= 0.3 is 0 Å². The smallest absolute Gasteiger partial charge is 0.269 e. The van der Waals surface area contributed by atoms with Crippen molar-refractivity contribution in [2.24, 2.45) is 11.8 Å². The number of anilines is 2. The van der Waals surface area contributed by atoms with E-state index in [1.165, 1.54) is 23.1 Å². The van der Waals surface area contributed by atoms with Gasteiger partial charge in [0.2, 0.25) is 17.7 Å². The molecule has 0 aromatic heterocycles. The third-order valence-corrected chi connectivity index (χ3v) is 8.08. The molecule has 4 aliphatic heterocycles. The zero-order chi connectivity index (χ0) is 24.1. The predicted molar refractivity (Wildman–Crippen MR) is 123 cm³/mol. The summed E-state index contributed by atoms with van der Waals surface area (Å²) >= 11 is 0. The van der Waals surface area contributed by atoms with E-state index >= 15 is 0 Å². The highest BCUT2D eigenvalue weighted by Crippen LogP contribution is 2.61. The first-order valence-electron chi connectivity index (χ1n) is 11.5. The molecule has 1 spiro atoms. The zero-order valence-corrected chi connectivity index (χ0v) is 19.1. The van der Waals surface area contributed by atoms with Crippen molar-refractivity contribution in [3.63, 3.8) is 0 Å². The van der Waals surface area contributed by atoms with E-state index in [0.29, 0.717) is 17.8 Å². The molecule has 6 rings (SSSR count). The number of aryl methyl sites for hydroxylation is 3. The Labute approximate surface area is 195 Å². The van der Waals surface area contributed by atoms with E-state index in [1.54, 1.807) is 6.92 Å². The van der Waals surface area contributed by atoms with E-state index in [-0.39, 0.29) is 23.5 Å². The van der Waals surface area contributed by atoms with Crippen molar-refractivity contribution in [1.82, 2.24) is 4.90 Å².